The number of ether oxygens (including phenoxy) is 2. The number of aliphatic hydroxyl groups is 6. The second-order valence-electron chi connectivity index (χ2n) is 7.32. The van der Waals surface area contributed by atoms with Gasteiger partial charge in [-0.1, -0.05) is 0 Å². The molecule has 4 atom stereocenters. The summed E-state index contributed by atoms with van der Waals surface area (Å²) in [5.41, 5.74) is 7.88. The van der Waals surface area contributed by atoms with Gasteiger partial charge in [0.2, 0.25) is 0 Å². The van der Waals surface area contributed by atoms with Gasteiger partial charge in [0.05, 0.1) is 62.9 Å². The van der Waals surface area contributed by atoms with Crippen LogP contribution in [0.3, 0.4) is 0 Å². The Balaban J connectivity index is 0. The first-order valence-corrected chi connectivity index (χ1v) is 12.4. The predicted octanol–water partition coefficient (Wildman–Crippen LogP) is -4.86. The monoisotopic (exact) mass is 518 g/mol. The Bertz CT molecular complexity index is 538. The van der Waals surface area contributed by atoms with Crippen LogP contribution in [0.1, 0.15) is 13.8 Å². The first-order valence-electron chi connectivity index (χ1n) is 9.04. The molecule has 2 fully saturated rings. The summed E-state index contributed by atoms with van der Waals surface area (Å²) in [6, 6.07) is 0. The second kappa shape index (κ2) is 14.3. The minimum absolute atomic E-state index is 0.254. The maximum atomic E-state index is 10.2. The van der Waals surface area contributed by atoms with Crippen molar-refractivity contribution in [2.24, 2.45) is 11.5 Å². The SMILES string of the molecule is C[C@@H]1O[C@H]1P(=O)(O)O.C[C@H]1O[C@@H]1P(=O)(O)O.NC(CO)(CO)CO.NC(CO)(CO)CO. The molecule has 0 amide bonds. The molecule has 2 saturated heterocycles. The molecule has 196 valence electrons. The zero-order chi connectivity index (χ0) is 26.0. The van der Waals surface area contributed by atoms with Gasteiger partial charge in [-0.05, 0) is 13.8 Å². The van der Waals surface area contributed by atoms with E-state index in [-0.39, 0.29) is 12.2 Å². The number of aliphatic hydroxyl groups excluding tert-OH is 6. The van der Waals surface area contributed by atoms with Gasteiger partial charge in [0.1, 0.15) is 0 Å². The van der Waals surface area contributed by atoms with Crippen molar-refractivity contribution in [3.8, 4) is 0 Å². The molecule has 16 nitrogen and oxygen atoms in total. The maximum absolute atomic E-state index is 10.2. The van der Waals surface area contributed by atoms with Gasteiger partial charge < -0.3 is 71.2 Å². The van der Waals surface area contributed by atoms with Gasteiger partial charge >= 0.3 is 15.2 Å². The first kappa shape index (κ1) is 34.1. The standard InChI is InChI=1S/2C4H11NO3.2C3H7O4P/c2*5-4(1-6,2-7)3-8;2*1-2-3(7-2)8(4,5)6/h2*6-8H,1-3,5H2;2*2-3H,1H3,(H2,4,5,6)/t;;2*2-,3-/m..10/s1. The fourth-order valence-electron chi connectivity index (χ4n) is 1.35. The number of rotatable bonds is 8. The van der Waals surface area contributed by atoms with Crippen molar-refractivity contribution in [3.05, 3.63) is 0 Å². The van der Waals surface area contributed by atoms with Crippen molar-refractivity contribution in [1.29, 1.82) is 0 Å². The van der Waals surface area contributed by atoms with Gasteiger partial charge in [0.15, 0.2) is 11.7 Å². The lowest BCUT2D eigenvalue weighted by Gasteiger charge is -2.20. The summed E-state index contributed by atoms with van der Waals surface area (Å²) in [4.78, 5) is 33.3. The first-order chi connectivity index (χ1) is 14.4. The van der Waals surface area contributed by atoms with Crippen LogP contribution in [-0.2, 0) is 18.6 Å². The molecule has 0 bridgehead atoms. The summed E-state index contributed by atoms with van der Waals surface area (Å²) >= 11 is 0. The fourth-order valence-corrected chi connectivity index (χ4v) is 3.15. The Hall–Kier alpha value is -0.100. The van der Waals surface area contributed by atoms with Gasteiger partial charge in [0.25, 0.3) is 0 Å². The van der Waals surface area contributed by atoms with E-state index in [0.717, 1.165) is 0 Å². The summed E-state index contributed by atoms with van der Waals surface area (Å²) < 4.78 is 29.4. The molecule has 0 aliphatic carbocycles. The number of hydrogen-bond acceptors (Lipinski definition) is 12. The van der Waals surface area contributed by atoms with E-state index in [9.17, 15) is 9.13 Å². The molecule has 0 spiro atoms. The third-order valence-corrected chi connectivity index (χ3v) is 6.32. The third-order valence-electron chi connectivity index (χ3n) is 3.91. The molecule has 2 heterocycles. The molecule has 18 heteroatoms. The van der Waals surface area contributed by atoms with Gasteiger partial charge in [-0.2, -0.15) is 0 Å². The summed E-state index contributed by atoms with van der Waals surface area (Å²) in [6.07, 6.45) is -0.508. The quantitative estimate of drug-likeness (QED) is 0.106. The Labute approximate surface area is 184 Å². The highest BCUT2D eigenvalue weighted by Crippen LogP contribution is 2.53. The van der Waals surface area contributed by atoms with E-state index in [0.29, 0.717) is 0 Å². The number of epoxide rings is 2. The Morgan fingerprint density at radius 3 is 0.781 bits per heavy atom. The highest BCUT2D eigenvalue weighted by Gasteiger charge is 2.49. The highest BCUT2D eigenvalue weighted by atomic mass is 31.2. The van der Waals surface area contributed by atoms with Crippen LogP contribution < -0.4 is 11.5 Å². The zero-order valence-electron chi connectivity index (χ0n) is 17.7. The molecule has 0 unspecified atom stereocenters. The van der Waals surface area contributed by atoms with Crippen molar-refractivity contribution in [2.75, 3.05) is 39.6 Å². The highest BCUT2D eigenvalue weighted by molar-refractivity contribution is 7.53. The molecular weight excluding hydrogens is 482 g/mol. The predicted molar refractivity (Wildman–Crippen MR) is 109 cm³/mol. The lowest BCUT2D eigenvalue weighted by molar-refractivity contribution is 0.0695. The summed E-state index contributed by atoms with van der Waals surface area (Å²) in [6.45, 7) is 0.841. The van der Waals surface area contributed by atoms with Crippen LogP contribution in [0.5, 0.6) is 0 Å². The van der Waals surface area contributed by atoms with Crippen LogP contribution in [0.2, 0.25) is 0 Å². The molecule has 2 rings (SSSR count). The van der Waals surface area contributed by atoms with Crippen LogP contribution in [0.25, 0.3) is 0 Å². The Kier molecular flexibility index (Phi) is 15.3. The lowest BCUT2D eigenvalue weighted by atomic mass is 10.1. The fraction of sp³-hybridized carbons (Fsp3) is 1.00. The second-order valence-corrected chi connectivity index (χ2v) is 10.7. The summed E-state index contributed by atoms with van der Waals surface area (Å²) in [7, 11) is -7.81. The van der Waals surface area contributed by atoms with Gasteiger partial charge in [-0.3, -0.25) is 9.13 Å². The van der Waals surface area contributed by atoms with E-state index in [1.807, 2.05) is 0 Å². The average Bonchev–Trinajstić information content (AvgIpc) is 3.64. The van der Waals surface area contributed by atoms with Gasteiger partial charge in [-0.15, -0.1) is 0 Å². The van der Waals surface area contributed by atoms with E-state index < -0.39 is 77.6 Å². The molecule has 2 aliphatic rings. The molecular formula is C14H36N2O14P2. The minimum atomic E-state index is -3.90. The van der Waals surface area contributed by atoms with Gasteiger partial charge in [0, 0.05) is 0 Å². The normalized spacial score (nSPS) is 24.7. The lowest BCUT2D eigenvalue weighted by Crippen LogP contribution is -2.50. The van der Waals surface area contributed by atoms with Crippen molar-refractivity contribution < 1.29 is 68.8 Å². The van der Waals surface area contributed by atoms with Crippen molar-refractivity contribution in [3.63, 3.8) is 0 Å². The van der Waals surface area contributed by atoms with Crippen LogP contribution in [0, 0.1) is 0 Å². The maximum Gasteiger partial charge on any atom is 0.356 e. The number of nitrogens with two attached hydrogens (primary N) is 2. The molecule has 0 aromatic rings. The van der Waals surface area contributed by atoms with E-state index in [1.54, 1.807) is 13.8 Å². The summed E-state index contributed by atoms with van der Waals surface area (Å²) in [5.74, 6) is -1.63. The average molecular weight is 518 g/mol. The number of hydrogen-bond donors (Lipinski definition) is 12. The largest absolute Gasteiger partial charge is 0.394 e. The van der Waals surface area contributed by atoms with Gasteiger partial charge in [-0.25, -0.2) is 0 Å². The molecule has 14 N–H and O–H groups in total. The molecule has 0 aromatic heterocycles. The zero-order valence-corrected chi connectivity index (χ0v) is 19.5. The van der Waals surface area contributed by atoms with Crippen LogP contribution >= 0.6 is 15.2 Å². The van der Waals surface area contributed by atoms with Crippen LogP contribution in [0.15, 0.2) is 0 Å². The molecule has 0 saturated carbocycles. The Morgan fingerprint density at radius 2 is 0.781 bits per heavy atom. The molecule has 2 aliphatic heterocycles. The topological polar surface area (TPSA) is 314 Å². The van der Waals surface area contributed by atoms with Crippen molar-refractivity contribution >= 4 is 15.2 Å². The molecule has 0 aromatic carbocycles. The summed E-state index contributed by atoms with van der Waals surface area (Å²) in [5, 5.41) is 50.0. The third kappa shape index (κ3) is 14.2. The van der Waals surface area contributed by atoms with Crippen LogP contribution in [-0.4, -0.2) is 125 Å². The van der Waals surface area contributed by atoms with E-state index >= 15 is 0 Å². The van der Waals surface area contributed by atoms with Crippen molar-refractivity contribution in [1.82, 2.24) is 0 Å². The minimum Gasteiger partial charge on any atom is -0.394 e. The van der Waals surface area contributed by atoms with E-state index in [2.05, 4.69) is 9.47 Å². The Morgan fingerprint density at radius 1 is 0.625 bits per heavy atom. The molecule has 0 radical (unpaired) electrons. The molecule has 32 heavy (non-hydrogen) atoms. The van der Waals surface area contributed by atoms with E-state index in [4.69, 9.17) is 61.7 Å². The smallest absolute Gasteiger partial charge is 0.356 e. The van der Waals surface area contributed by atoms with Crippen LogP contribution in [0.4, 0.5) is 0 Å². The van der Waals surface area contributed by atoms with E-state index in [1.165, 1.54) is 0 Å². The van der Waals surface area contributed by atoms with Crippen molar-refractivity contribution in [2.45, 2.75) is 48.8 Å².